The number of phenolic OH excluding ortho intramolecular Hbond substituents is 1. The molecule has 1 aliphatic rings. The van der Waals surface area contributed by atoms with E-state index >= 15 is 0 Å². The Morgan fingerprint density at radius 2 is 1.80 bits per heavy atom. The van der Waals surface area contributed by atoms with Gasteiger partial charge in [0.15, 0.2) is 18.5 Å². The Morgan fingerprint density at radius 3 is 2.50 bits per heavy atom. The van der Waals surface area contributed by atoms with Gasteiger partial charge >= 0.3 is 0 Å². The molecule has 1 saturated heterocycles. The van der Waals surface area contributed by atoms with Crippen molar-refractivity contribution < 1.29 is 46.7 Å². The van der Waals surface area contributed by atoms with Crippen molar-refractivity contribution in [3.05, 3.63) is 47.8 Å². The van der Waals surface area contributed by atoms with Crippen LogP contribution in [0.25, 0.3) is 32.6 Å². The smallest absolute Gasteiger partial charge is 0.292 e. The topological polar surface area (TPSA) is 110 Å². The summed E-state index contributed by atoms with van der Waals surface area (Å²) >= 11 is 0. The fourth-order valence-electron chi connectivity index (χ4n) is 4.54. The first-order valence-electron chi connectivity index (χ1n) is 9.61. The molecule has 5 rings (SSSR count). The summed E-state index contributed by atoms with van der Waals surface area (Å²) < 4.78 is 7.40. The van der Waals surface area contributed by atoms with E-state index in [1.54, 1.807) is 16.7 Å². The van der Waals surface area contributed by atoms with E-state index in [1.165, 1.54) is 0 Å². The summed E-state index contributed by atoms with van der Waals surface area (Å²) in [5, 5.41) is 43.8. The van der Waals surface area contributed by atoms with Gasteiger partial charge in [0.1, 0.15) is 18.0 Å². The van der Waals surface area contributed by atoms with Gasteiger partial charge < -0.3 is 47.1 Å². The van der Waals surface area contributed by atoms with Crippen molar-refractivity contribution in [3.8, 4) is 5.75 Å². The van der Waals surface area contributed by atoms with Crippen LogP contribution in [0.4, 0.5) is 0 Å². The third kappa shape index (κ3) is 2.91. The van der Waals surface area contributed by atoms with Crippen molar-refractivity contribution in [3.63, 3.8) is 0 Å². The molecule has 8 heteroatoms. The zero-order chi connectivity index (χ0) is 20.4. The summed E-state index contributed by atoms with van der Waals surface area (Å²) in [7, 11) is 0. The van der Waals surface area contributed by atoms with Crippen molar-refractivity contribution in [2.24, 2.45) is 0 Å². The van der Waals surface area contributed by atoms with Gasteiger partial charge in [0.2, 0.25) is 0 Å². The van der Waals surface area contributed by atoms with Crippen molar-refractivity contribution in [1.29, 1.82) is 0 Å². The lowest BCUT2D eigenvalue weighted by Crippen LogP contribution is -3.00. The Labute approximate surface area is 182 Å². The van der Waals surface area contributed by atoms with E-state index in [2.05, 4.69) is 11.9 Å². The number of aromatic nitrogens is 2. The molecule has 7 nitrogen and oxygen atoms in total. The molecule has 0 radical (unpaired) electrons. The summed E-state index contributed by atoms with van der Waals surface area (Å²) in [6.07, 6.45) is -0.164. The van der Waals surface area contributed by atoms with Crippen LogP contribution >= 0.6 is 0 Å². The third-order valence-corrected chi connectivity index (χ3v) is 6.13. The normalized spacial score (nSPS) is 24.0. The number of halogens is 1. The average molecular weight is 475 g/mol. The summed E-state index contributed by atoms with van der Waals surface area (Å²) in [4.78, 5) is 3.46. The molecular formula is C22H23BrN2O5. The van der Waals surface area contributed by atoms with E-state index < -0.39 is 24.5 Å². The lowest BCUT2D eigenvalue weighted by Gasteiger charge is -2.12. The van der Waals surface area contributed by atoms with Crippen molar-refractivity contribution in [1.82, 2.24) is 4.98 Å². The minimum atomic E-state index is -1.14. The second kappa shape index (κ2) is 7.47. The molecule has 2 aromatic carbocycles. The molecule has 5 N–H and O–H groups in total. The molecule has 4 aromatic rings. The number of nitrogens with zero attached hydrogens (tertiary/aromatic N) is 1. The average Bonchev–Trinajstić information content (AvgIpc) is 3.24. The quantitative estimate of drug-likeness (QED) is 0.232. The maximum atomic E-state index is 10.4. The molecule has 1 aliphatic heterocycles. The second-order valence-corrected chi connectivity index (χ2v) is 7.80. The van der Waals surface area contributed by atoms with Crippen LogP contribution in [0.3, 0.4) is 0 Å². The van der Waals surface area contributed by atoms with Gasteiger partial charge in [0, 0.05) is 27.7 Å². The Hall–Kier alpha value is -2.23. The summed E-state index contributed by atoms with van der Waals surface area (Å²) in [5.41, 5.74) is 4.11. The molecule has 158 valence electrons. The van der Waals surface area contributed by atoms with E-state index in [9.17, 15) is 20.4 Å². The van der Waals surface area contributed by atoms with Crippen LogP contribution in [0.5, 0.6) is 5.75 Å². The first-order chi connectivity index (χ1) is 13.9. The van der Waals surface area contributed by atoms with Gasteiger partial charge in [-0.15, -0.1) is 0 Å². The van der Waals surface area contributed by atoms with Gasteiger partial charge in [0.05, 0.1) is 12.1 Å². The molecule has 2 aromatic heterocycles. The Morgan fingerprint density at radius 1 is 1.03 bits per heavy atom. The van der Waals surface area contributed by atoms with Crippen molar-refractivity contribution in [2.75, 3.05) is 6.61 Å². The van der Waals surface area contributed by atoms with Gasteiger partial charge in [-0.05, 0) is 48.6 Å². The molecule has 4 atom stereocenters. The number of nitrogens with one attached hydrogen (secondary N) is 1. The Balaban J connectivity index is 0.00000218. The number of benzene rings is 2. The van der Waals surface area contributed by atoms with Crippen LogP contribution in [0.15, 0.2) is 36.7 Å². The third-order valence-electron chi connectivity index (χ3n) is 6.13. The first kappa shape index (κ1) is 21.0. The number of H-pyrrole nitrogens is 1. The predicted molar refractivity (Wildman–Crippen MR) is 108 cm³/mol. The molecule has 1 fully saturated rings. The lowest BCUT2D eigenvalue weighted by molar-refractivity contribution is -0.764. The number of aromatic hydroxyl groups is 1. The number of hydrogen-bond acceptors (Lipinski definition) is 5. The summed E-state index contributed by atoms with van der Waals surface area (Å²) in [5.74, 6) is 0.213. The zero-order valence-corrected chi connectivity index (χ0v) is 18.1. The minimum Gasteiger partial charge on any atom is -1.00 e. The molecule has 0 aliphatic carbocycles. The van der Waals surface area contributed by atoms with E-state index in [-0.39, 0.29) is 29.3 Å². The first-order valence-corrected chi connectivity index (χ1v) is 9.61. The molecule has 0 saturated carbocycles. The highest BCUT2D eigenvalue weighted by Crippen LogP contribution is 2.37. The number of phenols is 1. The van der Waals surface area contributed by atoms with E-state index in [0.717, 1.165) is 43.7 Å². The van der Waals surface area contributed by atoms with Crippen LogP contribution in [-0.2, 0) is 4.74 Å². The SMILES string of the molecule is Cc1c2cc[n+]([C@H]3O[C@@H](CO)[C@H](O)[C@@H]3O)cc2c(C)c2c1[nH]c1ccc(O)cc12.[Br-]. The van der Waals surface area contributed by atoms with Gasteiger partial charge in [-0.2, -0.15) is 4.57 Å². The number of aryl methyl sites for hydroxylation is 2. The van der Waals surface area contributed by atoms with Crippen molar-refractivity contribution >= 4 is 32.6 Å². The second-order valence-electron chi connectivity index (χ2n) is 7.80. The van der Waals surface area contributed by atoms with Crippen LogP contribution in [0.1, 0.15) is 17.4 Å². The van der Waals surface area contributed by atoms with E-state index in [4.69, 9.17) is 4.74 Å². The number of aromatic amines is 1. The van der Waals surface area contributed by atoms with Crippen LogP contribution in [0, 0.1) is 13.8 Å². The highest BCUT2D eigenvalue weighted by Gasteiger charge is 2.48. The number of aliphatic hydroxyl groups is 3. The van der Waals surface area contributed by atoms with Crippen molar-refractivity contribution in [2.45, 2.75) is 38.4 Å². The van der Waals surface area contributed by atoms with E-state index in [0.29, 0.717) is 0 Å². The van der Waals surface area contributed by atoms with E-state index in [1.807, 2.05) is 31.5 Å². The number of fused-ring (bicyclic) bond motifs is 4. The fourth-order valence-corrected chi connectivity index (χ4v) is 4.54. The van der Waals surface area contributed by atoms with Crippen LogP contribution in [-0.4, -0.2) is 50.3 Å². The minimum absolute atomic E-state index is 0. The van der Waals surface area contributed by atoms with Gasteiger partial charge in [0.25, 0.3) is 6.23 Å². The Bertz CT molecular complexity index is 1270. The highest BCUT2D eigenvalue weighted by molar-refractivity contribution is 6.16. The molecule has 3 heterocycles. The van der Waals surface area contributed by atoms with Crippen LogP contribution < -0.4 is 21.5 Å². The number of rotatable bonds is 2. The summed E-state index contributed by atoms with van der Waals surface area (Å²) in [6, 6.07) is 7.26. The largest absolute Gasteiger partial charge is 1.00 e. The zero-order valence-electron chi connectivity index (χ0n) is 16.5. The molecule has 0 bridgehead atoms. The predicted octanol–water partition coefficient (Wildman–Crippen LogP) is -1.30. The number of aliphatic hydroxyl groups excluding tert-OH is 3. The van der Waals surface area contributed by atoms with Crippen LogP contribution in [0.2, 0.25) is 0 Å². The highest BCUT2D eigenvalue weighted by atomic mass is 79.9. The lowest BCUT2D eigenvalue weighted by atomic mass is 9.97. The standard InChI is InChI=1S/C22H22N2O5.BrH/c1-10-15-8-24(22-21(28)20(27)17(9-25)29-22)6-5-13(15)11(2)19-18(10)14-7-12(26)3-4-16(14)23-19;/h3-8,17,20-22,25-28H,9H2,1-2H3;1H/t17-,20-,21-,22-;/m0./s1. The number of ether oxygens (including phenoxy) is 1. The maximum absolute atomic E-state index is 10.4. The summed E-state index contributed by atoms with van der Waals surface area (Å²) in [6.45, 7) is 3.72. The molecule has 0 amide bonds. The molecule has 0 unspecified atom stereocenters. The monoisotopic (exact) mass is 474 g/mol. The molecular weight excluding hydrogens is 452 g/mol. The maximum Gasteiger partial charge on any atom is 0.292 e. The molecule has 30 heavy (non-hydrogen) atoms. The van der Waals surface area contributed by atoms with Gasteiger partial charge in [-0.25, -0.2) is 0 Å². The molecule has 0 spiro atoms. The fraction of sp³-hybridized carbons (Fsp3) is 0.318. The van der Waals surface area contributed by atoms with Gasteiger partial charge in [-0.3, -0.25) is 0 Å². The Kier molecular flexibility index (Phi) is 5.24. The number of hydrogen-bond donors (Lipinski definition) is 5. The number of pyridine rings is 1. The van der Waals surface area contributed by atoms with Gasteiger partial charge in [-0.1, -0.05) is 0 Å².